The molecule has 0 radical (unpaired) electrons. The summed E-state index contributed by atoms with van der Waals surface area (Å²) >= 11 is 13.1. The van der Waals surface area contributed by atoms with Crippen molar-refractivity contribution in [2.75, 3.05) is 26.3 Å². The van der Waals surface area contributed by atoms with E-state index in [1.165, 1.54) is 68.8 Å². The third-order valence-corrected chi connectivity index (χ3v) is 22.6. The van der Waals surface area contributed by atoms with Gasteiger partial charge in [0, 0.05) is 120 Å². The van der Waals surface area contributed by atoms with Gasteiger partial charge in [-0.1, -0.05) is 162 Å². The van der Waals surface area contributed by atoms with Crippen molar-refractivity contribution in [3.8, 4) is 22.3 Å². The van der Waals surface area contributed by atoms with Gasteiger partial charge >= 0.3 is 11.9 Å². The van der Waals surface area contributed by atoms with E-state index in [0.29, 0.717) is 19.6 Å². The van der Waals surface area contributed by atoms with Crippen LogP contribution < -0.4 is 10.6 Å². The Morgan fingerprint density at radius 2 is 0.912 bits per heavy atom. The summed E-state index contributed by atoms with van der Waals surface area (Å²) in [5.74, 6) is -1.99. The van der Waals surface area contributed by atoms with E-state index in [4.69, 9.17) is 9.47 Å². The fourth-order valence-electron chi connectivity index (χ4n) is 8.05. The third kappa shape index (κ3) is 19.6. The highest BCUT2D eigenvalue weighted by molar-refractivity contribution is 15.0. The number of hydrogen-bond donors (Lipinski definition) is 3. The Morgan fingerprint density at radius 3 is 1.23 bits per heavy atom. The largest absolute Gasteiger partial charge is 0.465 e. The number of amides is 6. The molecule has 426 valence electrons. The van der Waals surface area contributed by atoms with Crippen LogP contribution in [0.15, 0.2) is 121 Å². The maximum Gasteiger partial charge on any atom is 0.334 e. The molecule has 0 bridgehead atoms. The summed E-state index contributed by atoms with van der Waals surface area (Å²) in [5, 5.41) is 14.5. The van der Waals surface area contributed by atoms with Crippen molar-refractivity contribution in [3.63, 3.8) is 0 Å². The Bertz CT molecular complexity index is 2820. The van der Waals surface area contributed by atoms with Gasteiger partial charge in [0.2, 0.25) is 11.8 Å². The smallest absolute Gasteiger partial charge is 0.334 e. The summed E-state index contributed by atoms with van der Waals surface area (Å²) in [6, 6.07) is 33.5. The predicted octanol–water partition coefficient (Wildman–Crippen LogP) is 12.9. The van der Waals surface area contributed by atoms with E-state index in [2.05, 4.69) is 144 Å². The van der Waals surface area contributed by atoms with Gasteiger partial charge in [0.25, 0.3) is 28.0 Å². The number of fused-ring (bicyclic) bond motifs is 6. The molecule has 0 saturated carbocycles. The van der Waals surface area contributed by atoms with Crippen LogP contribution in [0.4, 0.5) is 0 Å². The summed E-state index contributed by atoms with van der Waals surface area (Å²) < 4.78 is 9.13. The number of benzene rings is 4. The van der Waals surface area contributed by atoms with Crippen molar-refractivity contribution in [1.82, 2.24) is 20.4 Å². The molecule has 6 amide bonds. The van der Waals surface area contributed by atoms with E-state index >= 15 is 0 Å². The standard InChI is InChI=1S/C17H14O2S2.C17H16O2.C9H10N2O3S2.C8H8N2O4S2.2CH4.I2.P2S2/c1-17(20-21-17)16(18)19-10-15-13-8-4-2-6-11(13)12-7-3-5-9-14(12)15;1-2-17(18)19-11-16-14-9-5-3-7-12(14)13-8-4-6-10-15(13)16;1-9(15-16-9)10-6(12)4-5-11-7(13)2-3-8(11)14;11-5(9-8(14)15-16-8)3-4-10-6(12)1-2-7(10)13;;;1-2;3-1-2-4/h2-9,15H,10H2,1H3;3-10,16H,2,11H2,1H3;2-3H,4-5H2,1H3,(H,10,12);1-2,14H,3-4H2,(H,9,11);2*1H4;;. The highest BCUT2D eigenvalue weighted by Crippen LogP contribution is 2.65. The molecule has 4 aromatic rings. The van der Waals surface area contributed by atoms with Crippen molar-refractivity contribution in [2.45, 2.75) is 79.4 Å². The SMILES string of the molecule is C.C.CC1(C(=O)OCC2c3ccccc3-c3ccccc32)SS1.CC1(NC(=O)CCN2C(=O)C=CC2=O)SS1.CCC(=O)OCC1c2ccccc2-c2ccccc21.II.O=C(CCN1C(=O)C=CC1=O)NC1(O)SS1.S=PP=S. The number of esters is 2. The highest BCUT2D eigenvalue weighted by Gasteiger charge is 2.51. The summed E-state index contributed by atoms with van der Waals surface area (Å²) in [6.07, 6.45) is 5.33. The lowest BCUT2D eigenvalue weighted by atomic mass is 9.98. The normalized spacial score (nSPS) is 16.9. The van der Waals surface area contributed by atoms with Gasteiger partial charge in [0.05, 0.1) is 0 Å². The monoisotopic (exact) mass is 1500 g/mol. The molecule has 0 atom stereocenters. The van der Waals surface area contributed by atoms with E-state index < -0.39 is 22.1 Å². The van der Waals surface area contributed by atoms with Gasteiger partial charge in [-0.2, -0.15) is 0 Å². The molecule has 4 aromatic carbocycles. The number of hydrogen-bond acceptors (Lipinski definition) is 19. The molecule has 5 heterocycles. The minimum atomic E-state index is -1.21. The van der Waals surface area contributed by atoms with Crippen LogP contribution in [0.25, 0.3) is 22.3 Å². The molecule has 2 aliphatic carbocycles. The van der Waals surface area contributed by atoms with E-state index in [9.17, 15) is 43.5 Å². The lowest BCUT2D eigenvalue weighted by Crippen LogP contribution is -2.38. The number of nitrogens with zero attached hydrogens (tertiary/aromatic N) is 2. The molecular formula is C53H56I2N4O11P2S8. The molecule has 80 heavy (non-hydrogen) atoms. The molecule has 11 rings (SSSR count). The van der Waals surface area contributed by atoms with Crippen LogP contribution in [-0.4, -0.2) is 101 Å². The second-order valence-corrected chi connectivity index (χ2v) is 30.6. The molecule has 0 unspecified atom stereocenters. The van der Waals surface area contributed by atoms with Gasteiger partial charge in [-0.15, -0.1) is 0 Å². The molecule has 5 aliphatic heterocycles. The average molecular weight is 1500 g/mol. The summed E-state index contributed by atoms with van der Waals surface area (Å²) in [6.45, 7) is 6.67. The van der Waals surface area contributed by atoms with Crippen LogP contribution in [0.1, 0.15) is 89.0 Å². The second kappa shape index (κ2) is 33.0. The first-order valence-corrected chi connectivity index (χ1v) is 40.7. The van der Waals surface area contributed by atoms with Gasteiger partial charge in [-0.25, -0.2) is 4.79 Å². The second-order valence-electron chi connectivity index (χ2n) is 17.1. The lowest BCUT2D eigenvalue weighted by Gasteiger charge is -2.15. The Morgan fingerprint density at radius 1 is 0.575 bits per heavy atom. The maximum atomic E-state index is 12.0. The predicted molar refractivity (Wildman–Crippen MR) is 354 cm³/mol. The number of ether oxygens (including phenoxy) is 2. The van der Waals surface area contributed by atoms with Crippen LogP contribution >= 0.6 is 116 Å². The van der Waals surface area contributed by atoms with Gasteiger partial charge in [0.1, 0.15) is 17.4 Å². The molecule has 7 aliphatic rings. The Kier molecular flexibility index (Phi) is 28.7. The van der Waals surface area contributed by atoms with Gasteiger partial charge in [0.15, 0.2) is 4.08 Å². The van der Waals surface area contributed by atoms with Crippen molar-refractivity contribution < 1.29 is 52.9 Å². The summed E-state index contributed by atoms with van der Waals surface area (Å²) in [5.41, 5.74) is 10.1. The van der Waals surface area contributed by atoms with E-state index in [0.717, 1.165) is 45.5 Å². The first-order chi connectivity index (χ1) is 37.4. The number of halogens is 2. The van der Waals surface area contributed by atoms with Crippen LogP contribution in [0.3, 0.4) is 0 Å². The van der Waals surface area contributed by atoms with E-state index in [1.807, 2.05) is 45.0 Å². The number of carbonyl (C=O) groups is 8. The first-order valence-electron chi connectivity index (χ1n) is 23.4. The van der Waals surface area contributed by atoms with E-state index in [1.54, 1.807) is 43.2 Å². The third-order valence-electron chi connectivity index (χ3n) is 11.9. The number of imide groups is 2. The molecule has 3 saturated heterocycles. The molecular weight excluding hydrogens is 1440 g/mol. The van der Waals surface area contributed by atoms with Crippen molar-refractivity contribution in [3.05, 3.63) is 144 Å². The number of carbonyl (C=O) groups excluding carboxylic acids is 8. The molecule has 0 spiro atoms. The number of aliphatic hydroxyl groups is 1. The van der Waals surface area contributed by atoms with Crippen molar-refractivity contribution >= 4 is 187 Å². The Balaban J connectivity index is 0.000000222. The zero-order chi connectivity index (χ0) is 56.6. The van der Waals surface area contributed by atoms with Crippen LogP contribution in [0, 0.1) is 0 Å². The fourth-order valence-corrected chi connectivity index (χ4v) is 11.1. The zero-order valence-electron chi connectivity index (χ0n) is 41.5. The van der Waals surface area contributed by atoms with Crippen molar-refractivity contribution in [1.29, 1.82) is 0 Å². The lowest BCUT2D eigenvalue weighted by molar-refractivity contribution is -0.144. The number of nitrogens with one attached hydrogen (secondary N) is 2. The summed E-state index contributed by atoms with van der Waals surface area (Å²) in [7, 11) is 10.3. The molecule has 15 nitrogen and oxygen atoms in total. The van der Waals surface area contributed by atoms with E-state index in [-0.39, 0.29) is 90.6 Å². The Labute approximate surface area is 526 Å². The van der Waals surface area contributed by atoms with Gasteiger partial charge in [-0.05, 0) is 104 Å². The first kappa shape index (κ1) is 69.6. The summed E-state index contributed by atoms with van der Waals surface area (Å²) in [4.78, 5) is 92.8. The quantitative estimate of drug-likeness (QED) is 0.0192. The van der Waals surface area contributed by atoms with Crippen molar-refractivity contribution in [2.24, 2.45) is 0 Å². The van der Waals surface area contributed by atoms with Crippen LogP contribution in [0.5, 0.6) is 0 Å². The Hall–Kier alpha value is -2.92. The molecule has 0 aromatic heterocycles. The van der Waals surface area contributed by atoms with Crippen LogP contribution in [-0.2, 0) is 71.4 Å². The minimum Gasteiger partial charge on any atom is -0.465 e. The molecule has 3 fully saturated rings. The fraction of sp³-hybridized carbons (Fsp3) is 0.321. The minimum absolute atomic E-state index is 0. The molecule has 3 N–H and O–H groups in total. The highest BCUT2D eigenvalue weighted by atomic mass is 128. The average Bonchev–Trinajstić information content (AvgIpc) is 4.52. The molecule has 27 heteroatoms. The zero-order valence-corrected chi connectivity index (χ0v) is 54.1. The van der Waals surface area contributed by atoms with Gasteiger partial charge in [-0.3, -0.25) is 43.4 Å². The topological polar surface area (TPSA) is 206 Å². The van der Waals surface area contributed by atoms with Crippen LogP contribution in [0.2, 0.25) is 0 Å². The number of rotatable bonds is 15. The van der Waals surface area contributed by atoms with Gasteiger partial charge < -0.3 is 25.2 Å². The maximum absolute atomic E-state index is 12.0.